The molecule has 3 rings (SSSR count). The summed E-state index contributed by atoms with van der Waals surface area (Å²) in [6.07, 6.45) is -0.709. The lowest BCUT2D eigenvalue weighted by Crippen LogP contribution is -2.03. The van der Waals surface area contributed by atoms with Gasteiger partial charge in [-0.1, -0.05) is 23.9 Å². The molecule has 0 atom stereocenters. The van der Waals surface area contributed by atoms with E-state index < -0.39 is 11.7 Å². The Labute approximate surface area is 139 Å². The second-order valence-electron chi connectivity index (χ2n) is 4.83. The summed E-state index contributed by atoms with van der Waals surface area (Å²) in [5.41, 5.74) is 0.928. The van der Waals surface area contributed by atoms with Crippen LogP contribution in [-0.2, 0) is 19.0 Å². The fourth-order valence-corrected chi connectivity index (χ4v) is 3.69. The molecule has 3 nitrogen and oxygen atoms in total. The largest absolute Gasteiger partial charge is 0.416 e. The number of alkyl halides is 3. The first-order valence-corrected chi connectivity index (χ1v) is 8.52. The van der Waals surface area contributed by atoms with Gasteiger partial charge in [0.15, 0.2) is 5.16 Å². The minimum absolute atomic E-state index is 0.650. The van der Waals surface area contributed by atoms with Gasteiger partial charge in [0, 0.05) is 36.1 Å². The van der Waals surface area contributed by atoms with Gasteiger partial charge in [-0.05, 0) is 12.1 Å². The topological polar surface area (TPSA) is 30.7 Å². The second kappa shape index (κ2) is 6.37. The smallest absolute Gasteiger partial charge is 0.329 e. The molecule has 0 fully saturated rings. The van der Waals surface area contributed by atoms with Crippen LogP contribution >= 0.6 is 23.1 Å². The van der Waals surface area contributed by atoms with Crippen molar-refractivity contribution in [3.63, 3.8) is 0 Å². The molecule has 0 aliphatic carbocycles. The molecule has 2 aromatic heterocycles. The summed E-state index contributed by atoms with van der Waals surface area (Å²) in [4.78, 5) is 8.70. The van der Waals surface area contributed by atoms with Gasteiger partial charge in [-0.15, -0.1) is 11.3 Å². The van der Waals surface area contributed by atoms with Crippen LogP contribution in [0.1, 0.15) is 11.3 Å². The Bertz CT molecular complexity index is 791. The lowest BCUT2D eigenvalue weighted by atomic mass is 10.1. The van der Waals surface area contributed by atoms with Crippen LogP contribution < -0.4 is 0 Å². The van der Waals surface area contributed by atoms with E-state index in [1.165, 1.54) is 23.5 Å². The number of rotatable bonds is 4. The molecule has 0 aliphatic heterocycles. The van der Waals surface area contributed by atoms with E-state index in [0.29, 0.717) is 16.3 Å². The lowest BCUT2D eigenvalue weighted by molar-refractivity contribution is -0.137. The maximum Gasteiger partial charge on any atom is 0.416 e. The Kier molecular flexibility index (Phi) is 4.45. The fourth-order valence-electron chi connectivity index (χ4n) is 1.94. The predicted molar refractivity (Wildman–Crippen MR) is 85.3 cm³/mol. The molecule has 0 unspecified atom stereocenters. The number of benzene rings is 1. The zero-order valence-corrected chi connectivity index (χ0v) is 13.7. The maximum absolute atomic E-state index is 12.6. The number of thioether (sulfide) groups is 1. The van der Waals surface area contributed by atoms with Gasteiger partial charge < -0.3 is 4.57 Å². The third-order valence-corrected chi connectivity index (χ3v) is 5.17. The van der Waals surface area contributed by atoms with Gasteiger partial charge >= 0.3 is 6.18 Å². The fraction of sp³-hybridized carbons (Fsp3) is 0.200. The van der Waals surface area contributed by atoms with E-state index in [9.17, 15) is 13.2 Å². The molecule has 1 aromatic carbocycles. The van der Waals surface area contributed by atoms with Gasteiger partial charge in [0.2, 0.25) is 0 Å². The molecule has 120 valence electrons. The number of imidazole rings is 1. The third-order valence-electron chi connectivity index (χ3n) is 3.14. The molecular weight excluding hydrogens is 343 g/mol. The minimum atomic E-state index is -4.31. The summed E-state index contributed by atoms with van der Waals surface area (Å²) in [5, 5.41) is 3.53. The molecule has 0 radical (unpaired) electrons. The molecule has 0 aliphatic rings. The van der Waals surface area contributed by atoms with Crippen molar-refractivity contribution in [1.29, 1.82) is 0 Å². The first kappa shape index (κ1) is 16.1. The molecule has 8 heteroatoms. The van der Waals surface area contributed by atoms with Gasteiger partial charge in [0.25, 0.3) is 0 Å². The highest BCUT2D eigenvalue weighted by atomic mass is 32.2. The highest BCUT2D eigenvalue weighted by molar-refractivity contribution is 7.98. The summed E-state index contributed by atoms with van der Waals surface area (Å²) in [6.45, 7) is 0. The number of halogens is 3. The number of nitrogens with zero attached hydrogens (tertiary/aromatic N) is 3. The van der Waals surface area contributed by atoms with Gasteiger partial charge in [0.1, 0.15) is 5.01 Å². The van der Waals surface area contributed by atoms with Gasteiger partial charge in [-0.25, -0.2) is 9.97 Å². The standard InChI is InChI=1S/C15H12F3N3S2/c1-21-7-6-19-14(21)23-9-12-8-22-13(20-12)10-2-4-11(5-3-10)15(16,17)18/h2-8H,9H2,1H3. The Morgan fingerprint density at radius 1 is 1.22 bits per heavy atom. The van der Waals surface area contributed by atoms with Crippen molar-refractivity contribution < 1.29 is 13.2 Å². The molecule has 3 aromatic rings. The molecule has 0 bridgehead atoms. The summed E-state index contributed by atoms with van der Waals surface area (Å²) in [5.74, 6) is 0.669. The maximum atomic E-state index is 12.6. The van der Waals surface area contributed by atoms with Crippen molar-refractivity contribution in [3.8, 4) is 10.6 Å². The van der Waals surface area contributed by atoms with Crippen molar-refractivity contribution in [1.82, 2.24) is 14.5 Å². The zero-order chi connectivity index (χ0) is 16.4. The number of hydrogen-bond acceptors (Lipinski definition) is 4. The number of aromatic nitrogens is 3. The van der Waals surface area contributed by atoms with Crippen LogP contribution in [0.15, 0.2) is 47.2 Å². The van der Waals surface area contributed by atoms with Gasteiger partial charge in [-0.3, -0.25) is 0 Å². The van der Waals surface area contributed by atoms with Gasteiger partial charge in [0.05, 0.1) is 11.3 Å². The van der Waals surface area contributed by atoms with E-state index in [1.807, 2.05) is 23.2 Å². The van der Waals surface area contributed by atoms with E-state index in [-0.39, 0.29) is 0 Å². The van der Waals surface area contributed by atoms with Crippen LogP contribution in [0.3, 0.4) is 0 Å². The molecule has 0 N–H and O–H groups in total. The SMILES string of the molecule is Cn1ccnc1SCc1csc(-c2ccc(C(F)(F)F)cc2)n1. The Morgan fingerprint density at radius 3 is 2.57 bits per heavy atom. The molecule has 0 amide bonds. The Morgan fingerprint density at radius 2 is 1.96 bits per heavy atom. The lowest BCUT2D eigenvalue weighted by Gasteiger charge is -2.06. The van der Waals surface area contributed by atoms with Crippen molar-refractivity contribution >= 4 is 23.1 Å². The summed E-state index contributed by atoms with van der Waals surface area (Å²) < 4.78 is 39.6. The van der Waals surface area contributed by atoms with E-state index in [2.05, 4.69) is 9.97 Å². The summed E-state index contributed by atoms with van der Waals surface area (Å²) >= 11 is 2.99. The van der Waals surface area contributed by atoms with Crippen LogP contribution in [-0.4, -0.2) is 14.5 Å². The zero-order valence-electron chi connectivity index (χ0n) is 12.0. The quantitative estimate of drug-likeness (QED) is 0.627. The molecule has 23 heavy (non-hydrogen) atoms. The average Bonchev–Trinajstić information content (AvgIpc) is 3.13. The number of hydrogen-bond donors (Lipinski definition) is 0. The Hall–Kier alpha value is -1.80. The van der Waals surface area contributed by atoms with Crippen molar-refractivity contribution in [2.45, 2.75) is 17.1 Å². The normalized spacial score (nSPS) is 11.8. The van der Waals surface area contributed by atoms with Crippen LogP contribution in [0.5, 0.6) is 0 Å². The van der Waals surface area contributed by atoms with E-state index >= 15 is 0 Å². The van der Waals surface area contributed by atoms with E-state index in [0.717, 1.165) is 23.0 Å². The van der Waals surface area contributed by atoms with E-state index in [4.69, 9.17) is 0 Å². The number of thiazole rings is 1. The second-order valence-corrected chi connectivity index (χ2v) is 6.63. The number of aryl methyl sites for hydroxylation is 1. The molecule has 2 heterocycles. The van der Waals surface area contributed by atoms with Crippen molar-refractivity contribution in [2.24, 2.45) is 7.05 Å². The van der Waals surface area contributed by atoms with Crippen LogP contribution in [0, 0.1) is 0 Å². The van der Waals surface area contributed by atoms with Crippen LogP contribution in [0.2, 0.25) is 0 Å². The first-order valence-electron chi connectivity index (χ1n) is 6.65. The van der Waals surface area contributed by atoms with Crippen LogP contribution in [0.25, 0.3) is 10.6 Å². The van der Waals surface area contributed by atoms with E-state index in [1.54, 1.807) is 18.0 Å². The minimum Gasteiger partial charge on any atom is -0.329 e. The molecular formula is C15H12F3N3S2. The highest BCUT2D eigenvalue weighted by Crippen LogP contribution is 2.32. The average molecular weight is 355 g/mol. The van der Waals surface area contributed by atoms with Crippen molar-refractivity contribution in [2.75, 3.05) is 0 Å². The van der Waals surface area contributed by atoms with Crippen LogP contribution in [0.4, 0.5) is 13.2 Å². The highest BCUT2D eigenvalue weighted by Gasteiger charge is 2.30. The third kappa shape index (κ3) is 3.76. The summed E-state index contributed by atoms with van der Waals surface area (Å²) in [6, 6.07) is 5.08. The van der Waals surface area contributed by atoms with Crippen molar-refractivity contribution in [3.05, 3.63) is 53.3 Å². The molecule has 0 saturated heterocycles. The predicted octanol–water partition coefficient (Wildman–Crippen LogP) is 4.85. The molecule has 0 spiro atoms. The van der Waals surface area contributed by atoms with Gasteiger partial charge in [-0.2, -0.15) is 13.2 Å². The first-order chi connectivity index (χ1) is 10.9. The monoisotopic (exact) mass is 355 g/mol. The summed E-state index contributed by atoms with van der Waals surface area (Å²) in [7, 11) is 1.92. The Balaban J connectivity index is 1.70. The molecule has 0 saturated carbocycles.